The molecule has 0 aliphatic carbocycles. The summed E-state index contributed by atoms with van der Waals surface area (Å²) in [4.78, 5) is 57.7. The number of carbonyl (C=O) groups is 4. The third-order valence-corrected chi connectivity index (χ3v) is 9.61. The van der Waals surface area contributed by atoms with Gasteiger partial charge in [0.05, 0.1) is 6.54 Å². The quantitative estimate of drug-likeness (QED) is 0.0921. The van der Waals surface area contributed by atoms with Crippen molar-refractivity contribution in [3.8, 4) is 23.0 Å². The van der Waals surface area contributed by atoms with E-state index in [9.17, 15) is 23.6 Å². The average molecular weight is 810 g/mol. The van der Waals surface area contributed by atoms with Crippen LogP contribution in [0.5, 0.6) is 0 Å². The number of anilines is 3. The molecule has 0 spiro atoms. The predicted octanol–water partition coefficient (Wildman–Crippen LogP) is 7.21. The number of piperazine rings is 1. The molecule has 2 heterocycles. The first-order chi connectivity index (χ1) is 29.1. The highest BCUT2D eigenvalue weighted by Gasteiger charge is 2.23. The van der Waals surface area contributed by atoms with E-state index in [1.165, 1.54) is 12.1 Å². The van der Waals surface area contributed by atoms with Crippen LogP contribution in [0.25, 0.3) is 11.1 Å². The summed E-state index contributed by atoms with van der Waals surface area (Å²) in [5.41, 5.74) is 7.11. The van der Waals surface area contributed by atoms with Gasteiger partial charge in [-0.1, -0.05) is 62.1 Å². The molecule has 1 aromatic heterocycles. The summed E-state index contributed by atoms with van der Waals surface area (Å²) in [5, 5.41) is 11.1. The number of benzene rings is 4. The fourth-order valence-corrected chi connectivity index (χ4v) is 6.44. The minimum atomic E-state index is -0.394. The number of halogens is 1. The van der Waals surface area contributed by atoms with E-state index < -0.39 is 6.09 Å². The van der Waals surface area contributed by atoms with Gasteiger partial charge in [-0.3, -0.25) is 14.6 Å². The average Bonchev–Trinajstić information content (AvgIpc) is 3.25. The van der Waals surface area contributed by atoms with E-state index in [0.29, 0.717) is 68.1 Å². The van der Waals surface area contributed by atoms with Gasteiger partial charge in [0.1, 0.15) is 12.4 Å². The Morgan fingerprint density at radius 2 is 1.52 bits per heavy atom. The zero-order valence-corrected chi connectivity index (χ0v) is 33.7. The molecule has 0 bridgehead atoms. The summed E-state index contributed by atoms with van der Waals surface area (Å²) in [5.74, 6) is 5.72. The molecule has 5 amide bonds. The molecule has 1 fully saturated rings. The predicted molar refractivity (Wildman–Crippen MR) is 231 cm³/mol. The van der Waals surface area contributed by atoms with Gasteiger partial charge in [0, 0.05) is 79.7 Å². The lowest BCUT2D eigenvalue weighted by Crippen LogP contribution is -2.48. The minimum Gasteiger partial charge on any atom is -0.445 e. The third kappa shape index (κ3) is 12.9. The summed E-state index contributed by atoms with van der Waals surface area (Å²) in [6.07, 6.45) is 4.10. The van der Waals surface area contributed by atoms with Crippen LogP contribution in [0.1, 0.15) is 42.5 Å². The second kappa shape index (κ2) is 21.0. The molecule has 60 heavy (non-hydrogen) atoms. The fraction of sp³-hybridized carbons (Fsp3) is 0.255. The first kappa shape index (κ1) is 42.4. The third-order valence-electron chi connectivity index (χ3n) is 9.61. The van der Waals surface area contributed by atoms with E-state index in [1.807, 2.05) is 68.4 Å². The Balaban J connectivity index is 1.01. The minimum absolute atomic E-state index is 0.0906. The standard InChI is InChI=1S/C47H48FN7O5/c1-33(2)28-44(56)51-31-45(57)52-40-15-8-36(9-16-40)32-60-47(59)55-26-24-54(25-27-55)42-18-11-37(12-19-42)43-20-17-41(29-38(43)10-5-34-6-13-39(48)14-7-34)53-46(58)50-23-21-35-4-3-22-49-30-35/h3-4,6-9,11-20,22,29-30,33H,21,23-28,31-32H2,1-2H3,(H,51,56)(H,52,57)(H2,50,53,58). The summed E-state index contributed by atoms with van der Waals surface area (Å²) in [6.45, 7) is 6.55. The Kier molecular flexibility index (Phi) is 14.8. The van der Waals surface area contributed by atoms with Gasteiger partial charge < -0.3 is 35.8 Å². The van der Waals surface area contributed by atoms with Crippen LogP contribution in [0.4, 0.5) is 31.0 Å². The van der Waals surface area contributed by atoms with Crippen molar-refractivity contribution in [3.63, 3.8) is 0 Å². The normalized spacial score (nSPS) is 12.2. The van der Waals surface area contributed by atoms with Crippen LogP contribution >= 0.6 is 0 Å². The molecule has 6 rings (SSSR count). The lowest BCUT2D eigenvalue weighted by molar-refractivity contribution is -0.124. The van der Waals surface area contributed by atoms with Gasteiger partial charge in [-0.25, -0.2) is 14.0 Å². The van der Waals surface area contributed by atoms with Gasteiger partial charge in [0.25, 0.3) is 0 Å². The molecule has 0 atom stereocenters. The SMILES string of the molecule is CC(C)CC(=O)NCC(=O)Nc1ccc(COC(=O)N2CCN(c3ccc(-c4ccc(NC(=O)NCCc5cccnc5)cc4C#Cc4ccc(F)cc4)cc3)CC2)cc1. The van der Waals surface area contributed by atoms with E-state index in [1.54, 1.807) is 53.7 Å². The molecule has 12 nitrogen and oxygen atoms in total. The number of ether oxygens (including phenoxy) is 1. The van der Waals surface area contributed by atoms with Crippen molar-refractivity contribution in [3.05, 3.63) is 144 Å². The molecule has 4 aromatic carbocycles. The Morgan fingerprint density at radius 3 is 2.22 bits per heavy atom. The Bertz CT molecular complexity index is 2300. The molecular formula is C47H48FN7O5. The number of nitrogens with zero attached hydrogens (tertiary/aromatic N) is 3. The van der Waals surface area contributed by atoms with Gasteiger partial charge in [0.15, 0.2) is 0 Å². The number of hydrogen-bond donors (Lipinski definition) is 4. The lowest BCUT2D eigenvalue weighted by atomic mass is 9.98. The zero-order chi connectivity index (χ0) is 42.3. The van der Waals surface area contributed by atoms with Crippen molar-refractivity contribution >= 4 is 41.0 Å². The molecule has 1 aliphatic heterocycles. The molecule has 5 aromatic rings. The van der Waals surface area contributed by atoms with Gasteiger partial charge in [-0.2, -0.15) is 0 Å². The van der Waals surface area contributed by atoms with Crippen LogP contribution in [0.2, 0.25) is 0 Å². The maximum Gasteiger partial charge on any atom is 0.410 e. The number of amides is 5. The molecule has 0 unspecified atom stereocenters. The van der Waals surface area contributed by atoms with Crippen molar-refractivity contribution in [2.75, 3.05) is 54.8 Å². The molecule has 13 heteroatoms. The van der Waals surface area contributed by atoms with E-state index in [4.69, 9.17) is 4.74 Å². The topological polar surface area (TPSA) is 145 Å². The van der Waals surface area contributed by atoms with Crippen LogP contribution in [0, 0.1) is 23.6 Å². The zero-order valence-electron chi connectivity index (χ0n) is 33.7. The fourth-order valence-electron chi connectivity index (χ4n) is 6.44. The molecule has 0 radical (unpaired) electrons. The number of urea groups is 1. The lowest BCUT2D eigenvalue weighted by Gasteiger charge is -2.35. The van der Waals surface area contributed by atoms with Crippen LogP contribution in [0.3, 0.4) is 0 Å². The highest BCUT2D eigenvalue weighted by atomic mass is 19.1. The van der Waals surface area contributed by atoms with Gasteiger partial charge in [-0.15, -0.1) is 0 Å². The maximum absolute atomic E-state index is 13.6. The Morgan fingerprint density at radius 1 is 0.783 bits per heavy atom. The number of nitrogens with one attached hydrogen (secondary N) is 4. The Labute approximate surface area is 349 Å². The number of pyridine rings is 1. The first-order valence-electron chi connectivity index (χ1n) is 19.9. The van der Waals surface area contributed by atoms with Crippen molar-refractivity contribution in [2.24, 2.45) is 5.92 Å². The van der Waals surface area contributed by atoms with Crippen LogP contribution in [-0.2, 0) is 27.4 Å². The van der Waals surface area contributed by atoms with Crippen LogP contribution in [0.15, 0.2) is 116 Å². The number of rotatable bonds is 13. The molecule has 0 saturated carbocycles. The maximum atomic E-state index is 13.6. The highest BCUT2D eigenvalue weighted by Crippen LogP contribution is 2.29. The van der Waals surface area contributed by atoms with Gasteiger partial charge in [0.2, 0.25) is 11.8 Å². The molecule has 4 N–H and O–H groups in total. The van der Waals surface area contributed by atoms with Crippen molar-refractivity contribution in [1.82, 2.24) is 20.5 Å². The Hall–Kier alpha value is -7.20. The van der Waals surface area contributed by atoms with Gasteiger partial charge in [-0.05, 0) is 101 Å². The second-order valence-electron chi connectivity index (χ2n) is 14.7. The second-order valence-corrected chi connectivity index (χ2v) is 14.7. The number of hydrogen-bond acceptors (Lipinski definition) is 7. The van der Waals surface area contributed by atoms with Gasteiger partial charge >= 0.3 is 12.1 Å². The molecule has 1 aliphatic rings. The van der Waals surface area contributed by atoms with Crippen LogP contribution < -0.4 is 26.2 Å². The number of carbonyl (C=O) groups excluding carboxylic acids is 4. The van der Waals surface area contributed by atoms with E-state index in [2.05, 4.69) is 43.0 Å². The van der Waals surface area contributed by atoms with E-state index in [0.717, 1.165) is 27.9 Å². The van der Waals surface area contributed by atoms with E-state index >= 15 is 0 Å². The molecular weight excluding hydrogens is 762 g/mol. The summed E-state index contributed by atoms with van der Waals surface area (Å²) in [7, 11) is 0. The summed E-state index contributed by atoms with van der Waals surface area (Å²) < 4.78 is 19.1. The van der Waals surface area contributed by atoms with Crippen molar-refractivity contribution in [1.29, 1.82) is 0 Å². The molecule has 1 saturated heterocycles. The monoisotopic (exact) mass is 809 g/mol. The van der Waals surface area contributed by atoms with E-state index in [-0.39, 0.29) is 42.7 Å². The largest absolute Gasteiger partial charge is 0.445 e. The first-order valence-corrected chi connectivity index (χ1v) is 19.9. The van der Waals surface area contributed by atoms with Crippen molar-refractivity contribution < 1.29 is 28.3 Å². The van der Waals surface area contributed by atoms with Crippen LogP contribution in [-0.4, -0.2) is 73.1 Å². The summed E-state index contributed by atoms with van der Waals surface area (Å²) >= 11 is 0. The highest BCUT2D eigenvalue weighted by molar-refractivity contribution is 5.94. The summed E-state index contributed by atoms with van der Waals surface area (Å²) in [6, 6.07) is 30.2. The van der Waals surface area contributed by atoms with Crippen molar-refractivity contribution in [2.45, 2.75) is 33.3 Å². The molecule has 308 valence electrons. The smallest absolute Gasteiger partial charge is 0.410 e. The number of aromatic nitrogens is 1.